The largest absolute Gasteiger partial charge is 0.481 e. The normalized spacial score (nSPS) is 13.0. The summed E-state index contributed by atoms with van der Waals surface area (Å²) in [5, 5.41) is 14.1. The summed E-state index contributed by atoms with van der Waals surface area (Å²) in [6.07, 6.45) is 0.973. The molecule has 1 aliphatic carbocycles. The number of alkyl carbamates (subject to hydrolysis) is 1. The predicted molar refractivity (Wildman–Crippen MR) is 128 cm³/mol. The molecule has 2 aromatic rings. The molecular weight excluding hydrogens is 436 g/mol. The number of hydrogen-bond donors (Lipinski definition) is 3. The molecule has 2 amide bonds. The summed E-state index contributed by atoms with van der Waals surface area (Å²) >= 11 is 0. The zero-order valence-corrected chi connectivity index (χ0v) is 19.4. The van der Waals surface area contributed by atoms with E-state index in [0.29, 0.717) is 6.42 Å². The van der Waals surface area contributed by atoms with Crippen LogP contribution >= 0.6 is 0 Å². The second-order valence-electron chi connectivity index (χ2n) is 8.27. The van der Waals surface area contributed by atoms with Crippen molar-refractivity contribution in [1.82, 2.24) is 10.6 Å². The van der Waals surface area contributed by atoms with Crippen LogP contribution in [0.3, 0.4) is 0 Å². The van der Waals surface area contributed by atoms with Crippen LogP contribution in [0.15, 0.2) is 48.5 Å². The molecule has 0 aromatic heterocycles. The van der Waals surface area contributed by atoms with Gasteiger partial charge in [-0.1, -0.05) is 61.9 Å². The number of carboxylic acid groups (broad SMARTS) is 1. The van der Waals surface area contributed by atoms with Gasteiger partial charge in [0.1, 0.15) is 6.61 Å². The summed E-state index contributed by atoms with van der Waals surface area (Å²) in [4.78, 5) is 35.2. The molecule has 1 atom stereocenters. The van der Waals surface area contributed by atoms with Crippen LogP contribution in [0, 0.1) is 0 Å². The summed E-state index contributed by atoms with van der Waals surface area (Å²) in [5.74, 6) is -1.16. The van der Waals surface area contributed by atoms with Gasteiger partial charge in [0.05, 0.1) is 19.6 Å². The Kier molecular flexibility index (Phi) is 9.46. The molecule has 8 heteroatoms. The fourth-order valence-corrected chi connectivity index (χ4v) is 4.20. The van der Waals surface area contributed by atoms with Gasteiger partial charge in [0.15, 0.2) is 0 Å². The summed E-state index contributed by atoms with van der Waals surface area (Å²) in [5.41, 5.74) is 4.62. The molecule has 0 unspecified atom stereocenters. The number of carbonyl (C=O) groups excluding carboxylic acids is 2. The Morgan fingerprint density at radius 2 is 1.65 bits per heavy atom. The molecule has 0 bridgehead atoms. The average Bonchev–Trinajstić information content (AvgIpc) is 3.13. The number of fused-ring (bicyclic) bond motifs is 3. The molecule has 0 saturated heterocycles. The Morgan fingerprint density at radius 3 is 2.26 bits per heavy atom. The van der Waals surface area contributed by atoms with Crippen LogP contribution in [0.4, 0.5) is 4.79 Å². The van der Waals surface area contributed by atoms with Crippen LogP contribution in [0.1, 0.15) is 49.7 Å². The zero-order chi connectivity index (χ0) is 24.3. The standard InChI is InChI=1S/C26H32N2O6/c1-2-7-18(16-24(29)27-13-15-33-14-12-25(30)31)28-26(32)34-17-23-21-10-5-3-8-19(21)20-9-4-6-11-22(20)23/h3-6,8-11,18,23H,2,7,12-17H2,1H3,(H,27,29)(H,28,32)(H,30,31)/t18-/m1/s1. The molecule has 0 heterocycles. The molecule has 0 aliphatic heterocycles. The number of amides is 2. The van der Waals surface area contributed by atoms with Gasteiger partial charge in [-0.05, 0) is 28.7 Å². The number of benzene rings is 2. The van der Waals surface area contributed by atoms with Crippen molar-refractivity contribution in [2.75, 3.05) is 26.4 Å². The summed E-state index contributed by atoms with van der Waals surface area (Å²) < 4.78 is 10.8. The first-order valence-corrected chi connectivity index (χ1v) is 11.7. The maximum atomic E-state index is 12.5. The van der Waals surface area contributed by atoms with E-state index in [1.54, 1.807) is 0 Å². The van der Waals surface area contributed by atoms with Gasteiger partial charge < -0.3 is 25.2 Å². The van der Waals surface area contributed by atoms with Crippen molar-refractivity contribution < 1.29 is 29.0 Å². The third-order valence-corrected chi connectivity index (χ3v) is 5.76. The van der Waals surface area contributed by atoms with E-state index < -0.39 is 12.1 Å². The quantitative estimate of drug-likeness (QED) is 0.386. The van der Waals surface area contributed by atoms with Crippen molar-refractivity contribution in [3.05, 3.63) is 59.7 Å². The number of nitrogens with one attached hydrogen (secondary N) is 2. The molecule has 0 fully saturated rings. The minimum Gasteiger partial charge on any atom is -0.481 e. The Balaban J connectivity index is 1.46. The predicted octanol–water partition coefficient (Wildman–Crippen LogP) is 3.69. The SMILES string of the molecule is CCC[C@H](CC(=O)NCCOCCC(=O)O)NC(=O)OCC1c2ccccc2-c2ccccc21. The van der Waals surface area contributed by atoms with Crippen molar-refractivity contribution in [1.29, 1.82) is 0 Å². The van der Waals surface area contributed by atoms with Gasteiger partial charge in [0, 0.05) is 24.9 Å². The number of carboxylic acids is 1. The van der Waals surface area contributed by atoms with Crippen LogP contribution in [-0.2, 0) is 19.1 Å². The fraction of sp³-hybridized carbons (Fsp3) is 0.423. The van der Waals surface area contributed by atoms with Gasteiger partial charge >= 0.3 is 12.1 Å². The molecule has 0 saturated carbocycles. The Morgan fingerprint density at radius 1 is 1.00 bits per heavy atom. The van der Waals surface area contributed by atoms with Gasteiger partial charge in [-0.25, -0.2) is 4.79 Å². The van der Waals surface area contributed by atoms with Gasteiger partial charge in [-0.2, -0.15) is 0 Å². The molecule has 182 valence electrons. The van der Waals surface area contributed by atoms with Crippen molar-refractivity contribution in [3.8, 4) is 11.1 Å². The summed E-state index contributed by atoms with van der Waals surface area (Å²) in [6.45, 7) is 2.83. The van der Waals surface area contributed by atoms with E-state index in [4.69, 9.17) is 14.6 Å². The molecule has 3 rings (SSSR count). The van der Waals surface area contributed by atoms with Crippen molar-refractivity contribution in [2.45, 2.75) is 44.6 Å². The molecular formula is C26H32N2O6. The van der Waals surface area contributed by atoms with Gasteiger partial charge in [-0.3, -0.25) is 9.59 Å². The van der Waals surface area contributed by atoms with Crippen molar-refractivity contribution >= 4 is 18.0 Å². The molecule has 34 heavy (non-hydrogen) atoms. The number of aliphatic carboxylic acids is 1. The maximum Gasteiger partial charge on any atom is 0.407 e. The minimum absolute atomic E-state index is 0.0211. The number of rotatable bonds is 13. The highest BCUT2D eigenvalue weighted by atomic mass is 16.5. The van der Waals surface area contributed by atoms with Crippen molar-refractivity contribution in [2.24, 2.45) is 0 Å². The van der Waals surface area contributed by atoms with E-state index in [2.05, 4.69) is 34.9 Å². The number of ether oxygens (including phenoxy) is 2. The Hall–Kier alpha value is -3.39. The second-order valence-corrected chi connectivity index (χ2v) is 8.27. The third-order valence-electron chi connectivity index (χ3n) is 5.76. The van der Waals surface area contributed by atoms with Crippen molar-refractivity contribution in [3.63, 3.8) is 0 Å². The molecule has 8 nitrogen and oxygen atoms in total. The van der Waals surface area contributed by atoms with Crippen LogP contribution in [-0.4, -0.2) is 55.5 Å². The lowest BCUT2D eigenvalue weighted by Crippen LogP contribution is -2.40. The molecule has 0 spiro atoms. The average molecular weight is 469 g/mol. The molecule has 2 aromatic carbocycles. The highest BCUT2D eigenvalue weighted by Crippen LogP contribution is 2.44. The number of hydrogen-bond acceptors (Lipinski definition) is 5. The highest BCUT2D eigenvalue weighted by molar-refractivity contribution is 5.79. The first-order chi connectivity index (χ1) is 16.5. The summed E-state index contributed by atoms with van der Waals surface area (Å²) in [6, 6.07) is 16.0. The lowest BCUT2D eigenvalue weighted by molar-refractivity contribution is -0.138. The zero-order valence-electron chi connectivity index (χ0n) is 19.4. The Bertz CT molecular complexity index is 947. The lowest BCUT2D eigenvalue weighted by Gasteiger charge is -2.19. The topological polar surface area (TPSA) is 114 Å². The van der Waals surface area contributed by atoms with E-state index in [0.717, 1.165) is 17.5 Å². The summed E-state index contributed by atoms with van der Waals surface area (Å²) in [7, 11) is 0. The van der Waals surface area contributed by atoms with Gasteiger partial charge in [0.25, 0.3) is 0 Å². The molecule has 3 N–H and O–H groups in total. The van der Waals surface area contributed by atoms with E-state index in [-0.39, 0.29) is 57.1 Å². The second kappa shape index (κ2) is 12.7. The fourth-order valence-electron chi connectivity index (χ4n) is 4.20. The first-order valence-electron chi connectivity index (χ1n) is 11.7. The molecule has 1 aliphatic rings. The first kappa shape index (κ1) is 25.2. The monoisotopic (exact) mass is 468 g/mol. The van der Waals surface area contributed by atoms with E-state index in [9.17, 15) is 14.4 Å². The van der Waals surface area contributed by atoms with Crippen LogP contribution < -0.4 is 10.6 Å². The Labute approximate surface area is 199 Å². The smallest absolute Gasteiger partial charge is 0.407 e. The van der Waals surface area contributed by atoms with Crippen LogP contribution in [0.5, 0.6) is 0 Å². The minimum atomic E-state index is -0.925. The van der Waals surface area contributed by atoms with Crippen LogP contribution in [0.25, 0.3) is 11.1 Å². The van der Waals surface area contributed by atoms with E-state index in [1.165, 1.54) is 11.1 Å². The van der Waals surface area contributed by atoms with Gasteiger partial charge in [0.2, 0.25) is 5.91 Å². The lowest BCUT2D eigenvalue weighted by atomic mass is 9.98. The van der Waals surface area contributed by atoms with E-state index >= 15 is 0 Å². The molecule has 0 radical (unpaired) electrons. The van der Waals surface area contributed by atoms with E-state index in [1.807, 2.05) is 31.2 Å². The highest BCUT2D eigenvalue weighted by Gasteiger charge is 2.29. The number of carbonyl (C=O) groups is 3. The third kappa shape index (κ3) is 7.05. The maximum absolute atomic E-state index is 12.5. The van der Waals surface area contributed by atoms with Gasteiger partial charge in [-0.15, -0.1) is 0 Å². The van der Waals surface area contributed by atoms with Crippen LogP contribution in [0.2, 0.25) is 0 Å².